The van der Waals surface area contributed by atoms with E-state index in [1.54, 1.807) is 24.8 Å². The molecule has 5 rings (SSSR count). The second-order valence-corrected chi connectivity index (χ2v) is 10.7. The molecule has 0 radical (unpaired) electrons. The second kappa shape index (κ2) is 11.0. The zero-order valence-corrected chi connectivity index (χ0v) is 21.0. The zero-order valence-electron chi connectivity index (χ0n) is 19.4. The van der Waals surface area contributed by atoms with E-state index in [-0.39, 0.29) is 11.8 Å². The van der Waals surface area contributed by atoms with Crippen LogP contribution in [0.25, 0.3) is 20.7 Å². The van der Waals surface area contributed by atoms with E-state index in [0.29, 0.717) is 18.2 Å². The van der Waals surface area contributed by atoms with E-state index in [1.165, 1.54) is 22.7 Å². The van der Waals surface area contributed by atoms with Gasteiger partial charge >= 0.3 is 0 Å². The lowest BCUT2D eigenvalue weighted by molar-refractivity contribution is 0.0680. The molecule has 35 heavy (non-hydrogen) atoms. The third kappa shape index (κ3) is 5.74. The summed E-state index contributed by atoms with van der Waals surface area (Å²) in [6.45, 7) is 2.24. The van der Waals surface area contributed by atoms with Gasteiger partial charge in [-0.25, -0.2) is 4.98 Å². The first-order valence-corrected chi connectivity index (χ1v) is 13.6. The predicted molar refractivity (Wildman–Crippen MR) is 140 cm³/mol. The minimum absolute atomic E-state index is 0.00764. The maximum Gasteiger partial charge on any atom is 0.273 e. The summed E-state index contributed by atoms with van der Waals surface area (Å²) in [6.07, 6.45) is 12.3. The van der Waals surface area contributed by atoms with E-state index in [2.05, 4.69) is 20.3 Å². The van der Waals surface area contributed by atoms with Gasteiger partial charge in [0.1, 0.15) is 10.7 Å². The van der Waals surface area contributed by atoms with Gasteiger partial charge in [0, 0.05) is 55.4 Å². The number of pyridine rings is 2. The molecular weight excluding hydrogens is 478 g/mol. The number of thiazole rings is 1. The van der Waals surface area contributed by atoms with Crippen molar-refractivity contribution in [3.63, 3.8) is 0 Å². The molecule has 0 unspecified atom stereocenters. The molecule has 0 aliphatic carbocycles. The van der Waals surface area contributed by atoms with Crippen LogP contribution in [0.3, 0.4) is 0 Å². The molecule has 0 saturated carbocycles. The van der Waals surface area contributed by atoms with Gasteiger partial charge in [0.05, 0.1) is 9.58 Å². The Morgan fingerprint density at radius 2 is 1.94 bits per heavy atom. The van der Waals surface area contributed by atoms with Gasteiger partial charge in [-0.1, -0.05) is 12.8 Å². The van der Waals surface area contributed by atoms with Crippen LogP contribution in [0.4, 0.5) is 0 Å². The van der Waals surface area contributed by atoms with Crippen LogP contribution in [0.1, 0.15) is 52.3 Å². The van der Waals surface area contributed by atoms with Gasteiger partial charge in [-0.3, -0.25) is 19.6 Å². The van der Waals surface area contributed by atoms with Crippen LogP contribution >= 0.6 is 22.7 Å². The smallest absolute Gasteiger partial charge is 0.273 e. The van der Waals surface area contributed by atoms with Crippen molar-refractivity contribution in [2.24, 2.45) is 5.92 Å². The standard InChI is InChI=1S/C26H27N5O2S2/c32-24(22-14-19-6-11-28-16-23(19)35-22)29-10-2-1-4-18-7-12-31(13-8-18)26(33)21-17-34-25(30-21)20-5-3-9-27-15-20/h3,5-6,9,11,14-18H,1-2,4,7-8,10,12-13H2,(H,29,32). The highest BCUT2D eigenvalue weighted by atomic mass is 32.1. The molecule has 1 aliphatic heterocycles. The molecule has 0 aromatic carbocycles. The van der Waals surface area contributed by atoms with E-state index in [4.69, 9.17) is 0 Å². The molecule has 0 spiro atoms. The average molecular weight is 506 g/mol. The lowest BCUT2D eigenvalue weighted by Crippen LogP contribution is -2.38. The number of aromatic nitrogens is 3. The van der Waals surface area contributed by atoms with Crippen molar-refractivity contribution in [1.82, 2.24) is 25.2 Å². The summed E-state index contributed by atoms with van der Waals surface area (Å²) < 4.78 is 1.03. The fraction of sp³-hybridized carbons (Fsp3) is 0.346. The minimum atomic E-state index is -0.00764. The predicted octanol–water partition coefficient (Wildman–Crippen LogP) is 5.27. The molecule has 4 aromatic rings. The number of rotatable bonds is 8. The van der Waals surface area contributed by atoms with Gasteiger partial charge in [0.15, 0.2) is 0 Å². The van der Waals surface area contributed by atoms with E-state index < -0.39 is 0 Å². The van der Waals surface area contributed by atoms with Crippen molar-refractivity contribution < 1.29 is 9.59 Å². The van der Waals surface area contributed by atoms with Crippen molar-refractivity contribution in [3.05, 3.63) is 65.0 Å². The molecule has 9 heteroatoms. The number of nitrogens with one attached hydrogen (secondary N) is 1. The molecular formula is C26H27N5O2S2. The van der Waals surface area contributed by atoms with Crippen molar-refractivity contribution in [1.29, 1.82) is 0 Å². The third-order valence-electron chi connectivity index (χ3n) is 6.41. The number of thiophene rings is 1. The number of carbonyl (C=O) groups is 2. The summed E-state index contributed by atoms with van der Waals surface area (Å²) in [7, 11) is 0. The summed E-state index contributed by atoms with van der Waals surface area (Å²) in [5.41, 5.74) is 1.46. The number of nitrogens with zero attached hydrogens (tertiary/aromatic N) is 4. The Morgan fingerprint density at radius 1 is 1.09 bits per heavy atom. The van der Waals surface area contributed by atoms with E-state index in [0.717, 1.165) is 70.7 Å². The van der Waals surface area contributed by atoms with Crippen LogP contribution < -0.4 is 5.32 Å². The number of carbonyl (C=O) groups excluding carboxylic acids is 2. The molecule has 2 amide bonds. The van der Waals surface area contributed by atoms with Gasteiger partial charge in [-0.15, -0.1) is 22.7 Å². The quantitative estimate of drug-likeness (QED) is 0.330. The molecule has 1 saturated heterocycles. The average Bonchev–Trinajstić information content (AvgIpc) is 3.57. The Kier molecular flexibility index (Phi) is 7.44. The Bertz CT molecular complexity index is 1260. The van der Waals surface area contributed by atoms with Gasteiger partial charge in [0.2, 0.25) is 0 Å². The van der Waals surface area contributed by atoms with Crippen LogP contribution in [0.5, 0.6) is 0 Å². The van der Waals surface area contributed by atoms with Gasteiger partial charge < -0.3 is 10.2 Å². The fourth-order valence-corrected chi connectivity index (χ4v) is 6.15. The Balaban J connectivity index is 1.01. The topological polar surface area (TPSA) is 88.1 Å². The van der Waals surface area contributed by atoms with Crippen molar-refractivity contribution >= 4 is 44.6 Å². The highest BCUT2D eigenvalue weighted by molar-refractivity contribution is 7.20. The Labute approximate surface area is 212 Å². The summed E-state index contributed by atoms with van der Waals surface area (Å²) >= 11 is 2.96. The van der Waals surface area contributed by atoms with Crippen LogP contribution in [0, 0.1) is 5.92 Å². The summed E-state index contributed by atoms with van der Waals surface area (Å²) in [6, 6.07) is 7.69. The number of unbranched alkanes of at least 4 members (excludes halogenated alkanes) is 1. The number of amides is 2. The van der Waals surface area contributed by atoms with Crippen LogP contribution in [-0.4, -0.2) is 51.3 Å². The van der Waals surface area contributed by atoms with E-state index in [9.17, 15) is 9.59 Å². The lowest BCUT2D eigenvalue weighted by Gasteiger charge is -2.31. The minimum Gasteiger partial charge on any atom is -0.351 e. The first kappa shape index (κ1) is 23.6. The SMILES string of the molecule is O=C(NCCCCC1CCN(C(=O)c2csc(-c3cccnc3)n2)CC1)c1cc2ccncc2s1. The maximum atomic E-state index is 12.9. The lowest BCUT2D eigenvalue weighted by atomic mass is 9.91. The largest absolute Gasteiger partial charge is 0.351 e. The van der Waals surface area contributed by atoms with Crippen molar-refractivity contribution in [2.45, 2.75) is 32.1 Å². The summed E-state index contributed by atoms with van der Waals surface area (Å²) in [5, 5.41) is 6.77. The molecule has 5 heterocycles. The second-order valence-electron chi connectivity index (χ2n) is 8.79. The Morgan fingerprint density at radius 3 is 2.74 bits per heavy atom. The number of hydrogen-bond acceptors (Lipinski definition) is 7. The zero-order chi connectivity index (χ0) is 24.0. The molecule has 1 N–H and O–H groups in total. The number of fused-ring (bicyclic) bond motifs is 1. The highest BCUT2D eigenvalue weighted by Crippen LogP contribution is 2.27. The van der Waals surface area contributed by atoms with Crippen LogP contribution in [0.2, 0.25) is 0 Å². The summed E-state index contributed by atoms with van der Waals surface area (Å²) in [5.74, 6) is 0.646. The normalized spacial score (nSPS) is 14.3. The fourth-order valence-electron chi connectivity index (χ4n) is 4.42. The molecule has 0 bridgehead atoms. The molecule has 1 aliphatic rings. The molecule has 0 atom stereocenters. The number of hydrogen-bond donors (Lipinski definition) is 1. The molecule has 7 nitrogen and oxygen atoms in total. The first-order chi connectivity index (χ1) is 17.2. The van der Waals surface area contributed by atoms with Crippen LogP contribution in [0.15, 0.2) is 54.4 Å². The molecule has 4 aromatic heterocycles. The Hall–Kier alpha value is -3.17. The van der Waals surface area contributed by atoms with E-state index >= 15 is 0 Å². The third-order valence-corrected chi connectivity index (χ3v) is 8.38. The van der Waals surface area contributed by atoms with Gasteiger partial charge in [-0.05, 0) is 54.8 Å². The van der Waals surface area contributed by atoms with Crippen molar-refractivity contribution in [3.8, 4) is 10.6 Å². The first-order valence-electron chi connectivity index (χ1n) is 11.9. The number of piperidine rings is 1. The molecule has 1 fully saturated rings. The van der Waals surface area contributed by atoms with Gasteiger partial charge in [0.25, 0.3) is 11.8 Å². The summed E-state index contributed by atoms with van der Waals surface area (Å²) in [4.78, 5) is 40.8. The monoisotopic (exact) mass is 505 g/mol. The number of likely N-dealkylation sites (tertiary alicyclic amines) is 1. The molecule has 180 valence electrons. The van der Waals surface area contributed by atoms with E-state index in [1.807, 2.05) is 34.5 Å². The van der Waals surface area contributed by atoms with Crippen molar-refractivity contribution in [2.75, 3.05) is 19.6 Å². The highest BCUT2D eigenvalue weighted by Gasteiger charge is 2.25. The van der Waals surface area contributed by atoms with Crippen LogP contribution in [-0.2, 0) is 0 Å². The van der Waals surface area contributed by atoms with Gasteiger partial charge in [-0.2, -0.15) is 0 Å². The maximum absolute atomic E-state index is 12.9.